The van der Waals surface area contributed by atoms with Crippen molar-refractivity contribution in [2.75, 3.05) is 13.1 Å². The van der Waals surface area contributed by atoms with E-state index in [9.17, 15) is 0 Å². The summed E-state index contributed by atoms with van der Waals surface area (Å²) < 4.78 is 1.97. The van der Waals surface area contributed by atoms with Gasteiger partial charge in [-0.15, -0.1) is 24.0 Å². The number of hydrogen-bond acceptors (Lipinski definition) is 2. The Hall–Kier alpha value is -0.790. The summed E-state index contributed by atoms with van der Waals surface area (Å²) in [7, 11) is 1.97. The Morgan fingerprint density at radius 2 is 2.17 bits per heavy atom. The van der Waals surface area contributed by atoms with Crippen LogP contribution >= 0.6 is 24.0 Å². The molecule has 0 bridgehead atoms. The van der Waals surface area contributed by atoms with Gasteiger partial charge in [0, 0.05) is 32.5 Å². The number of nitrogens with two attached hydrogens (primary N) is 1. The van der Waals surface area contributed by atoms with Gasteiger partial charge in [0.05, 0.1) is 0 Å². The molecule has 5 nitrogen and oxygen atoms in total. The first kappa shape index (κ1) is 15.3. The number of imidazole rings is 1. The maximum absolute atomic E-state index is 6.00. The van der Waals surface area contributed by atoms with Crippen molar-refractivity contribution in [2.24, 2.45) is 23.7 Å². The molecule has 0 spiro atoms. The minimum absolute atomic E-state index is 0. The topological polar surface area (TPSA) is 59.4 Å². The number of halogens is 1. The summed E-state index contributed by atoms with van der Waals surface area (Å²) in [6.45, 7) is 4.90. The Balaban J connectivity index is 0.00000162. The van der Waals surface area contributed by atoms with Crippen LogP contribution in [0.25, 0.3) is 0 Å². The van der Waals surface area contributed by atoms with Gasteiger partial charge < -0.3 is 15.2 Å². The zero-order valence-corrected chi connectivity index (χ0v) is 13.4. The van der Waals surface area contributed by atoms with Gasteiger partial charge in [0.1, 0.15) is 12.4 Å². The minimum atomic E-state index is 0. The van der Waals surface area contributed by atoms with Gasteiger partial charge in [-0.3, -0.25) is 0 Å². The van der Waals surface area contributed by atoms with Crippen LogP contribution in [0.3, 0.4) is 0 Å². The normalized spacial score (nSPS) is 17.7. The molecule has 0 amide bonds. The molecule has 2 rings (SSSR count). The fourth-order valence-electron chi connectivity index (χ4n) is 2.04. The molecule has 0 aromatic carbocycles. The van der Waals surface area contributed by atoms with Gasteiger partial charge in [-0.25, -0.2) is 9.98 Å². The molecule has 1 aromatic heterocycles. The number of likely N-dealkylation sites (tertiary alicyclic amines) is 1. The molecule has 0 aliphatic carbocycles. The van der Waals surface area contributed by atoms with Crippen LogP contribution in [0.1, 0.15) is 25.6 Å². The average molecular weight is 363 g/mol. The van der Waals surface area contributed by atoms with Gasteiger partial charge in [0.15, 0.2) is 5.96 Å². The fourth-order valence-corrected chi connectivity index (χ4v) is 2.04. The molecule has 1 aromatic rings. The Morgan fingerprint density at radius 3 is 2.72 bits per heavy atom. The molecule has 18 heavy (non-hydrogen) atoms. The molecule has 2 N–H and O–H groups in total. The van der Waals surface area contributed by atoms with Crippen molar-refractivity contribution in [3.05, 3.63) is 18.2 Å². The Bertz CT molecular complexity index is 393. The number of hydrogen-bond donors (Lipinski definition) is 1. The summed E-state index contributed by atoms with van der Waals surface area (Å²) in [6.07, 6.45) is 6.12. The highest BCUT2D eigenvalue weighted by Gasteiger charge is 2.16. The molecule has 1 aliphatic rings. The van der Waals surface area contributed by atoms with Crippen molar-refractivity contribution >= 4 is 29.9 Å². The van der Waals surface area contributed by atoms with Crippen molar-refractivity contribution in [1.29, 1.82) is 0 Å². The van der Waals surface area contributed by atoms with E-state index in [1.54, 1.807) is 6.20 Å². The summed E-state index contributed by atoms with van der Waals surface area (Å²) in [5.41, 5.74) is 6.00. The van der Waals surface area contributed by atoms with E-state index in [0.29, 0.717) is 12.5 Å². The Labute approximate surface area is 125 Å². The summed E-state index contributed by atoms with van der Waals surface area (Å²) in [5.74, 6) is 2.41. The van der Waals surface area contributed by atoms with E-state index in [-0.39, 0.29) is 24.0 Å². The standard InChI is InChI=1S/C12H21N5.HI/c1-10-3-6-17(7-4-10)12(13)15-9-11-14-5-8-16(11)2;/h5,8,10H,3-4,6-7,9H2,1-2H3,(H2,13,15);1H. The lowest BCUT2D eigenvalue weighted by atomic mass is 10.00. The third-order valence-corrected chi connectivity index (χ3v) is 3.41. The number of aromatic nitrogens is 2. The van der Waals surface area contributed by atoms with E-state index in [1.165, 1.54) is 12.8 Å². The highest BCUT2D eigenvalue weighted by atomic mass is 127. The largest absolute Gasteiger partial charge is 0.370 e. The van der Waals surface area contributed by atoms with Crippen LogP contribution in [-0.2, 0) is 13.6 Å². The third-order valence-electron chi connectivity index (χ3n) is 3.41. The van der Waals surface area contributed by atoms with E-state index >= 15 is 0 Å². The molecule has 1 saturated heterocycles. The van der Waals surface area contributed by atoms with Crippen LogP contribution in [0.2, 0.25) is 0 Å². The number of piperidine rings is 1. The number of rotatable bonds is 2. The minimum Gasteiger partial charge on any atom is -0.370 e. The highest BCUT2D eigenvalue weighted by Crippen LogP contribution is 2.15. The third kappa shape index (κ3) is 3.86. The van der Waals surface area contributed by atoms with Crippen LogP contribution in [0.4, 0.5) is 0 Å². The molecule has 0 atom stereocenters. The molecule has 6 heteroatoms. The molecule has 1 fully saturated rings. The number of aliphatic imine (C=N–C) groups is 1. The zero-order valence-electron chi connectivity index (χ0n) is 11.0. The molecular formula is C12H22IN5. The lowest BCUT2D eigenvalue weighted by Gasteiger charge is -2.30. The SMILES string of the molecule is CC1CCN(C(N)=NCc2nccn2C)CC1.I. The fraction of sp³-hybridized carbons (Fsp3) is 0.667. The molecule has 0 unspecified atom stereocenters. The van der Waals surface area contributed by atoms with Crippen molar-refractivity contribution in [2.45, 2.75) is 26.3 Å². The molecular weight excluding hydrogens is 341 g/mol. The van der Waals surface area contributed by atoms with Gasteiger partial charge in [-0.1, -0.05) is 6.92 Å². The van der Waals surface area contributed by atoms with Crippen molar-refractivity contribution in [3.63, 3.8) is 0 Å². The summed E-state index contributed by atoms with van der Waals surface area (Å²) in [5, 5.41) is 0. The molecule has 2 heterocycles. The smallest absolute Gasteiger partial charge is 0.191 e. The van der Waals surface area contributed by atoms with Crippen molar-refractivity contribution in [3.8, 4) is 0 Å². The summed E-state index contributed by atoms with van der Waals surface area (Å²) in [6, 6.07) is 0. The monoisotopic (exact) mass is 363 g/mol. The van der Waals surface area contributed by atoms with Gasteiger partial charge in [-0.05, 0) is 18.8 Å². The van der Waals surface area contributed by atoms with Crippen LogP contribution in [0.15, 0.2) is 17.4 Å². The lowest BCUT2D eigenvalue weighted by Crippen LogP contribution is -2.42. The lowest BCUT2D eigenvalue weighted by molar-refractivity contribution is 0.277. The first-order valence-corrected chi connectivity index (χ1v) is 6.18. The number of nitrogens with zero attached hydrogens (tertiary/aromatic N) is 4. The van der Waals surface area contributed by atoms with E-state index < -0.39 is 0 Å². The predicted octanol–water partition coefficient (Wildman–Crippen LogP) is 1.58. The second-order valence-corrected chi connectivity index (χ2v) is 4.80. The quantitative estimate of drug-likeness (QED) is 0.493. The Kier molecular flexibility index (Phi) is 5.90. The maximum Gasteiger partial charge on any atom is 0.191 e. The van der Waals surface area contributed by atoms with Crippen LogP contribution in [0.5, 0.6) is 0 Å². The number of aryl methyl sites for hydroxylation is 1. The first-order valence-electron chi connectivity index (χ1n) is 6.18. The molecule has 102 valence electrons. The van der Waals surface area contributed by atoms with Gasteiger partial charge in [0.25, 0.3) is 0 Å². The van der Waals surface area contributed by atoms with E-state index in [0.717, 1.165) is 24.8 Å². The van der Waals surface area contributed by atoms with Crippen molar-refractivity contribution < 1.29 is 0 Å². The van der Waals surface area contributed by atoms with Crippen molar-refractivity contribution in [1.82, 2.24) is 14.5 Å². The second kappa shape index (κ2) is 6.96. The zero-order chi connectivity index (χ0) is 12.3. The van der Waals surface area contributed by atoms with E-state index in [4.69, 9.17) is 5.73 Å². The summed E-state index contributed by atoms with van der Waals surface area (Å²) >= 11 is 0. The summed E-state index contributed by atoms with van der Waals surface area (Å²) in [4.78, 5) is 10.8. The predicted molar refractivity (Wildman–Crippen MR) is 83.9 cm³/mol. The van der Waals surface area contributed by atoms with Crippen LogP contribution in [-0.4, -0.2) is 33.5 Å². The van der Waals surface area contributed by atoms with E-state index in [1.807, 2.05) is 17.8 Å². The van der Waals surface area contributed by atoms with Gasteiger partial charge in [-0.2, -0.15) is 0 Å². The van der Waals surface area contributed by atoms with Crippen LogP contribution in [0, 0.1) is 5.92 Å². The molecule has 0 saturated carbocycles. The maximum atomic E-state index is 6.00. The van der Waals surface area contributed by atoms with E-state index in [2.05, 4.69) is 21.8 Å². The average Bonchev–Trinajstić information content (AvgIpc) is 2.73. The van der Waals surface area contributed by atoms with Gasteiger partial charge >= 0.3 is 0 Å². The Morgan fingerprint density at radius 1 is 1.50 bits per heavy atom. The molecule has 1 aliphatic heterocycles. The number of guanidine groups is 1. The highest BCUT2D eigenvalue weighted by molar-refractivity contribution is 14.0. The second-order valence-electron chi connectivity index (χ2n) is 4.80. The van der Waals surface area contributed by atoms with Crippen LogP contribution < -0.4 is 5.73 Å². The molecule has 0 radical (unpaired) electrons. The first-order chi connectivity index (χ1) is 8.16. The van der Waals surface area contributed by atoms with Gasteiger partial charge in [0.2, 0.25) is 0 Å².